The third-order valence-electron chi connectivity index (χ3n) is 4.76. The summed E-state index contributed by atoms with van der Waals surface area (Å²) >= 11 is 12.4. The minimum Gasteiger partial charge on any atom is -0.380 e. The van der Waals surface area contributed by atoms with E-state index in [1.54, 1.807) is 12.0 Å². The van der Waals surface area contributed by atoms with Gasteiger partial charge in [-0.25, -0.2) is 8.42 Å². The van der Waals surface area contributed by atoms with E-state index in [1.807, 2.05) is 0 Å². The molecule has 144 valence electrons. The van der Waals surface area contributed by atoms with Crippen LogP contribution in [0.15, 0.2) is 12.0 Å². The van der Waals surface area contributed by atoms with Crippen LogP contribution in [0.4, 0.5) is 0 Å². The summed E-state index contributed by atoms with van der Waals surface area (Å²) in [7, 11) is -1.80. The summed E-state index contributed by atoms with van der Waals surface area (Å²) in [5.74, 6) is -0.0652. The zero-order valence-electron chi connectivity index (χ0n) is 14.2. The van der Waals surface area contributed by atoms with Crippen molar-refractivity contribution in [2.45, 2.75) is 35.7 Å². The van der Waals surface area contributed by atoms with Crippen LogP contribution in [0.2, 0.25) is 0 Å². The predicted octanol–water partition coefficient (Wildman–Crippen LogP) is 0.586. The van der Waals surface area contributed by atoms with Crippen molar-refractivity contribution in [1.29, 1.82) is 0 Å². The zero-order chi connectivity index (χ0) is 18.6. The molecule has 0 bridgehead atoms. The maximum absolute atomic E-state index is 12.4. The third kappa shape index (κ3) is 5.30. The first kappa shape index (κ1) is 20.9. The van der Waals surface area contributed by atoms with Crippen molar-refractivity contribution >= 4 is 39.1 Å². The number of piperazine rings is 1. The second kappa shape index (κ2) is 9.01. The summed E-state index contributed by atoms with van der Waals surface area (Å²) in [6.07, 6.45) is 1.18. The maximum Gasteiger partial charge on any atom is 0.236 e. The number of carbonyl (C=O) groups excluding carboxylic acids is 1. The molecule has 1 amide bonds. The van der Waals surface area contributed by atoms with Crippen molar-refractivity contribution in [1.82, 2.24) is 14.5 Å². The molecule has 0 aromatic heterocycles. The highest BCUT2D eigenvalue weighted by atomic mass is 35.5. The third-order valence-corrected chi connectivity index (χ3v) is 7.36. The number of alkyl halides is 2. The molecule has 1 aliphatic carbocycles. The van der Waals surface area contributed by atoms with Gasteiger partial charge >= 0.3 is 0 Å². The largest absolute Gasteiger partial charge is 0.380 e. The van der Waals surface area contributed by atoms with Gasteiger partial charge in [0.15, 0.2) is 0 Å². The number of amides is 1. The Morgan fingerprint density at radius 2 is 1.84 bits per heavy atom. The number of rotatable bonds is 6. The topological polar surface area (TPSA) is 79.0 Å². The molecule has 2 fully saturated rings. The molecule has 25 heavy (non-hydrogen) atoms. The summed E-state index contributed by atoms with van der Waals surface area (Å²) in [5, 5.41) is 3.86. The summed E-state index contributed by atoms with van der Waals surface area (Å²) < 4.78 is 30.3. The van der Waals surface area contributed by atoms with Crippen LogP contribution in [-0.4, -0.2) is 86.3 Å². The minimum atomic E-state index is -3.42. The first-order valence-corrected chi connectivity index (χ1v) is 10.6. The quantitative estimate of drug-likeness (QED) is 0.644. The van der Waals surface area contributed by atoms with Gasteiger partial charge in [0.2, 0.25) is 15.9 Å². The fourth-order valence-electron chi connectivity index (χ4n) is 3.18. The number of carbonyl (C=O) groups is 1. The number of methoxy groups -OCH3 is 1. The van der Waals surface area contributed by atoms with Crippen LogP contribution in [0.3, 0.4) is 0 Å². The van der Waals surface area contributed by atoms with Gasteiger partial charge in [-0.2, -0.15) is 4.31 Å². The molecule has 0 radical (unpaired) electrons. The number of ether oxygens (including phenoxy) is 1. The Morgan fingerprint density at radius 1 is 1.24 bits per heavy atom. The molecule has 1 N–H and O–H groups in total. The van der Waals surface area contributed by atoms with Crippen molar-refractivity contribution in [2.75, 3.05) is 39.8 Å². The Hall–Kier alpha value is -0.380. The van der Waals surface area contributed by atoms with Crippen LogP contribution in [0.5, 0.6) is 0 Å². The van der Waals surface area contributed by atoms with Crippen LogP contribution in [0.1, 0.15) is 12.8 Å². The molecular formula is C15H25Cl2N3O4S. The Labute approximate surface area is 159 Å². The van der Waals surface area contributed by atoms with Crippen LogP contribution in [0, 0.1) is 0 Å². The lowest BCUT2D eigenvalue weighted by Crippen LogP contribution is -2.55. The Balaban J connectivity index is 1.82. The lowest BCUT2D eigenvalue weighted by Gasteiger charge is -2.37. The van der Waals surface area contributed by atoms with Crippen molar-refractivity contribution in [3.05, 3.63) is 12.0 Å². The minimum absolute atomic E-state index is 0.0334. The number of nitrogens with one attached hydrogen (secondary N) is 1. The van der Waals surface area contributed by atoms with Gasteiger partial charge in [-0.3, -0.25) is 4.79 Å². The van der Waals surface area contributed by atoms with E-state index in [-0.39, 0.29) is 48.4 Å². The first-order chi connectivity index (χ1) is 11.8. The molecule has 0 aromatic rings. The number of halogens is 2. The van der Waals surface area contributed by atoms with Gasteiger partial charge in [0, 0.05) is 44.7 Å². The second-order valence-electron chi connectivity index (χ2n) is 6.26. The highest BCUT2D eigenvalue weighted by molar-refractivity contribution is 7.92. The lowest BCUT2D eigenvalue weighted by atomic mass is 9.91. The smallest absolute Gasteiger partial charge is 0.236 e. The molecule has 4 unspecified atom stereocenters. The maximum atomic E-state index is 12.4. The monoisotopic (exact) mass is 413 g/mol. The summed E-state index contributed by atoms with van der Waals surface area (Å²) in [4.78, 5) is 14.0. The molecule has 0 spiro atoms. The number of nitrogens with zero attached hydrogens (tertiary/aromatic N) is 2. The fraction of sp³-hybridized carbons (Fsp3) is 0.800. The molecule has 4 atom stereocenters. The average molecular weight is 414 g/mol. The molecule has 10 heteroatoms. The highest BCUT2D eigenvalue weighted by Crippen LogP contribution is 2.29. The van der Waals surface area contributed by atoms with Gasteiger partial charge in [0.25, 0.3) is 0 Å². The van der Waals surface area contributed by atoms with Crippen molar-refractivity contribution in [2.24, 2.45) is 0 Å². The van der Waals surface area contributed by atoms with Crippen LogP contribution >= 0.6 is 23.2 Å². The standard InChI is InChI=1S/C15H25Cl2N3O4S/c1-3-25(22,23)20-6-4-19(5-7-20)15(21)10-18-13-8-11(16)12(17)9-14(13)24-2/h3,11-14,18H,1,4-10H2,2H3. The highest BCUT2D eigenvalue weighted by Gasteiger charge is 2.36. The fourth-order valence-corrected chi connectivity index (χ4v) is 4.64. The Morgan fingerprint density at radius 3 is 2.40 bits per heavy atom. The van der Waals surface area contributed by atoms with Gasteiger partial charge in [0.1, 0.15) is 0 Å². The molecule has 2 aliphatic rings. The normalized spacial score (nSPS) is 31.7. The van der Waals surface area contributed by atoms with Crippen LogP contribution in [-0.2, 0) is 19.6 Å². The molecule has 1 saturated carbocycles. The van der Waals surface area contributed by atoms with Gasteiger partial charge < -0.3 is 15.0 Å². The molecule has 1 heterocycles. The summed E-state index contributed by atoms with van der Waals surface area (Å²) in [6, 6.07) is -0.0334. The van der Waals surface area contributed by atoms with E-state index in [0.717, 1.165) is 5.41 Å². The molecular weight excluding hydrogens is 389 g/mol. The van der Waals surface area contributed by atoms with E-state index < -0.39 is 10.0 Å². The zero-order valence-corrected chi connectivity index (χ0v) is 16.6. The van der Waals surface area contributed by atoms with Crippen LogP contribution in [0.25, 0.3) is 0 Å². The lowest BCUT2D eigenvalue weighted by molar-refractivity contribution is -0.131. The SMILES string of the molecule is C=CS(=O)(=O)N1CCN(C(=O)CNC2CC(Cl)C(Cl)CC2OC)CC1. The Bertz CT molecular complexity index is 581. The van der Waals surface area contributed by atoms with Crippen LogP contribution < -0.4 is 5.32 Å². The molecule has 1 saturated heterocycles. The predicted molar refractivity (Wildman–Crippen MR) is 98.4 cm³/mol. The van der Waals surface area contributed by atoms with E-state index in [2.05, 4.69) is 11.9 Å². The van der Waals surface area contributed by atoms with Crippen molar-refractivity contribution in [3.63, 3.8) is 0 Å². The first-order valence-electron chi connectivity index (χ1n) is 8.23. The van der Waals surface area contributed by atoms with Gasteiger partial charge in [-0.15, -0.1) is 23.2 Å². The van der Waals surface area contributed by atoms with E-state index in [0.29, 0.717) is 25.9 Å². The van der Waals surface area contributed by atoms with E-state index in [9.17, 15) is 13.2 Å². The van der Waals surface area contributed by atoms with E-state index >= 15 is 0 Å². The van der Waals surface area contributed by atoms with Crippen molar-refractivity contribution < 1.29 is 17.9 Å². The summed E-state index contributed by atoms with van der Waals surface area (Å²) in [5.41, 5.74) is 0. The summed E-state index contributed by atoms with van der Waals surface area (Å²) in [6.45, 7) is 4.78. The van der Waals surface area contributed by atoms with Gasteiger partial charge in [-0.05, 0) is 12.8 Å². The van der Waals surface area contributed by atoms with E-state index in [1.165, 1.54) is 4.31 Å². The molecule has 2 rings (SSSR count). The van der Waals surface area contributed by atoms with Gasteiger partial charge in [-0.1, -0.05) is 6.58 Å². The average Bonchev–Trinajstić information content (AvgIpc) is 2.62. The van der Waals surface area contributed by atoms with Crippen molar-refractivity contribution in [3.8, 4) is 0 Å². The number of sulfonamides is 1. The molecule has 0 aromatic carbocycles. The second-order valence-corrected chi connectivity index (χ2v) is 9.26. The Kier molecular flexibility index (Phi) is 7.54. The van der Waals surface area contributed by atoms with Gasteiger partial charge in [0.05, 0.1) is 23.4 Å². The van der Waals surface area contributed by atoms with E-state index in [4.69, 9.17) is 27.9 Å². The molecule has 1 aliphatic heterocycles. The number of hydrogen-bond acceptors (Lipinski definition) is 5. The molecule has 7 nitrogen and oxygen atoms in total. The number of hydrogen-bond donors (Lipinski definition) is 1.